The largest absolute Gasteiger partial charge is 0.493 e. The van der Waals surface area contributed by atoms with E-state index >= 15 is 0 Å². The molecule has 0 saturated carbocycles. The number of hydrogen-bond acceptors (Lipinski definition) is 9. The van der Waals surface area contributed by atoms with Crippen molar-refractivity contribution in [3.05, 3.63) is 68.9 Å². The summed E-state index contributed by atoms with van der Waals surface area (Å²) in [7, 11) is 7.88. The van der Waals surface area contributed by atoms with Crippen LogP contribution in [0.2, 0.25) is 0 Å². The van der Waals surface area contributed by atoms with E-state index in [4.69, 9.17) is 23.7 Å². The summed E-state index contributed by atoms with van der Waals surface area (Å²) in [6.07, 6.45) is 1.81. The van der Waals surface area contributed by atoms with Crippen molar-refractivity contribution in [2.45, 2.75) is 58.7 Å². The van der Waals surface area contributed by atoms with E-state index < -0.39 is 12.1 Å². The van der Waals surface area contributed by atoms with E-state index in [1.54, 1.807) is 47.7 Å². The third-order valence-corrected chi connectivity index (χ3v) is 9.19. The predicted octanol–water partition coefficient (Wildman–Crippen LogP) is 4.90. The summed E-state index contributed by atoms with van der Waals surface area (Å²) in [5.74, 6) is 2.27. The molecule has 2 amide bonds. The van der Waals surface area contributed by atoms with Gasteiger partial charge in [-0.2, -0.15) is 0 Å². The Morgan fingerprint density at radius 3 is 2.06 bits per heavy atom. The summed E-state index contributed by atoms with van der Waals surface area (Å²) in [5.41, 5.74) is 5.15. The molecule has 256 valence electrons. The molecule has 2 unspecified atom stereocenters. The van der Waals surface area contributed by atoms with Crippen LogP contribution >= 0.6 is 0 Å². The molecule has 3 aromatic carbocycles. The number of ether oxygens (including phenoxy) is 5. The summed E-state index contributed by atoms with van der Waals surface area (Å²) in [6.45, 7) is 6.33. The first kappa shape index (κ1) is 34.4. The van der Waals surface area contributed by atoms with E-state index in [1.165, 1.54) is 6.92 Å². The molecule has 0 fully saturated rings. The average Bonchev–Trinajstić information content (AvgIpc) is 3.32. The van der Waals surface area contributed by atoms with Crippen molar-refractivity contribution in [2.24, 2.45) is 5.92 Å². The highest BCUT2D eigenvalue weighted by molar-refractivity contribution is 5.86. The molecule has 48 heavy (non-hydrogen) atoms. The van der Waals surface area contributed by atoms with Gasteiger partial charge in [0, 0.05) is 25.6 Å². The molecule has 0 bridgehead atoms. The van der Waals surface area contributed by atoms with Crippen LogP contribution in [-0.2, 0) is 29.0 Å². The second-order valence-corrected chi connectivity index (χ2v) is 12.4. The third-order valence-electron chi connectivity index (χ3n) is 9.19. The molecule has 11 nitrogen and oxygen atoms in total. The molecule has 0 saturated heterocycles. The minimum absolute atomic E-state index is 0.0992. The van der Waals surface area contributed by atoms with Gasteiger partial charge in [-0.05, 0) is 83.3 Å². The zero-order valence-electron chi connectivity index (χ0n) is 28.9. The fraction of sp³-hybridized carbons (Fsp3) is 0.432. The van der Waals surface area contributed by atoms with E-state index in [-0.39, 0.29) is 28.8 Å². The minimum Gasteiger partial charge on any atom is -0.493 e. The van der Waals surface area contributed by atoms with Crippen LogP contribution in [0.1, 0.15) is 55.5 Å². The Morgan fingerprint density at radius 2 is 1.46 bits per heavy atom. The molecule has 1 heterocycles. The maximum absolute atomic E-state index is 14.1. The number of carbonyl (C=O) groups is 2. The fourth-order valence-electron chi connectivity index (χ4n) is 6.78. The van der Waals surface area contributed by atoms with E-state index in [2.05, 4.69) is 10.6 Å². The van der Waals surface area contributed by atoms with Crippen LogP contribution in [-0.4, -0.2) is 64.8 Å². The Kier molecular flexibility index (Phi) is 10.4. The van der Waals surface area contributed by atoms with Gasteiger partial charge in [0.15, 0.2) is 23.0 Å². The number of nitrogens with zero attached hydrogens (tertiary/aromatic N) is 1. The minimum atomic E-state index is -0.668. The Bertz CT molecular complexity index is 1770. The average molecular weight is 660 g/mol. The number of carbonyl (C=O) groups excluding carboxylic acids is 2. The molecule has 1 aliphatic heterocycles. The molecular weight excluding hydrogens is 614 g/mol. The van der Waals surface area contributed by atoms with Crippen LogP contribution < -0.4 is 39.7 Å². The van der Waals surface area contributed by atoms with E-state index in [0.29, 0.717) is 72.2 Å². The van der Waals surface area contributed by atoms with Crippen LogP contribution in [0.3, 0.4) is 0 Å². The summed E-state index contributed by atoms with van der Waals surface area (Å²) in [5, 5.41) is 6.34. The molecule has 0 radical (unpaired) electrons. The summed E-state index contributed by atoms with van der Waals surface area (Å²) < 4.78 is 28.2. The van der Waals surface area contributed by atoms with Crippen molar-refractivity contribution >= 4 is 17.5 Å². The normalized spacial score (nSPS) is 15.6. The number of methoxy groups -OCH3 is 5. The molecule has 0 aromatic heterocycles. The van der Waals surface area contributed by atoms with Gasteiger partial charge in [-0.25, -0.2) is 0 Å². The number of fused-ring (bicyclic) bond motifs is 4. The van der Waals surface area contributed by atoms with Gasteiger partial charge in [0.05, 0.1) is 47.3 Å². The van der Waals surface area contributed by atoms with Crippen molar-refractivity contribution in [2.75, 3.05) is 47.4 Å². The fourth-order valence-corrected chi connectivity index (χ4v) is 6.78. The SMILES string of the molecule is COc1cc2c(cc1OC)CN(C(=O)C(Nc1ccc3c(cc1=O)C(NC(C)=O)CCc1cc(OC)c(OC)c(OC)c1-3)C(C)C)CC2. The number of rotatable bonds is 10. The first-order valence-corrected chi connectivity index (χ1v) is 16.1. The van der Waals surface area contributed by atoms with Gasteiger partial charge in [-0.15, -0.1) is 0 Å². The predicted molar refractivity (Wildman–Crippen MR) is 184 cm³/mol. The zero-order chi connectivity index (χ0) is 34.7. The molecular formula is C37H45N3O8. The van der Waals surface area contributed by atoms with Crippen LogP contribution in [0.4, 0.5) is 5.69 Å². The van der Waals surface area contributed by atoms with Crippen molar-refractivity contribution in [1.29, 1.82) is 0 Å². The highest BCUT2D eigenvalue weighted by atomic mass is 16.5. The maximum Gasteiger partial charge on any atom is 0.245 e. The molecule has 3 aromatic rings. The zero-order valence-corrected chi connectivity index (χ0v) is 28.9. The lowest BCUT2D eigenvalue weighted by atomic mass is 9.95. The van der Waals surface area contributed by atoms with Crippen LogP contribution in [0.5, 0.6) is 28.7 Å². The smallest absolute Gasteiger partial charge is 0.245 e. The van der Waals surface area contributed by atoms with E-state index in [9.17, 15) is 14.4 Å². The van der Waals surface area contributed by atoms with Crippen molar-refractivity contribution in [3.8, 4) is 39.9 Å². The lowest BCUT2D eigenvalue weighted by molar-refractivity contribution is -0.133. The van der Waals surface area contributed by atoms with Crippen molar-refractivity contribution in [1.82, 2.24) is 10.2 Å². The van der Waals surface area contributed by atoms with Crippen LogP contribution in [0, 0.1) is 5.92 Å². The Hall–Kier alpha value is -4.93. The van der Waals surface area contributed by atoms with Crippen LogP contribution in [0.15, 0.2) is 41.2 Å². The van der Waals surface area contributed by atoms with Gasteiger partial charge in [-0.3, -0.25) is 14.4 Å². The van der Waals surface area contributed by atoms with Gasteiger partial charge in [0.1, 0.15) is 6.04 Å². The first-order valence-electron chi connectivity index (χ1n) is 16.1. The number of amides is 2. The molecule has 2 N–H and O–H groups in total. The second-order valence-electron chi connectivity index (χ2n) is 12.4. The number of aryl methyl sites for hydroxylation is 1. The van der Waals surface area contributed by atoms with Gasteiger partial charge < -0.3 is 39.2 Å². The molecule has 0 spiro atoms. The van der Waals surface area contributed by atoms with E-state index in [1.807, 2.05) is 43.0 Å². The molecule has 2 aliphatic rings. The summed E-state index contributed by atoms with van der Waals surface area (Å²) in [6, 6.07) is 9.82. The lowest BCUT2D eigenvalue weighted by Crippen LogP contribution is -2.47. The number of anilines is 1. The first-order chi connectivity index (χ1) is 23.0. The Balaban J connectivity index is 1.55. The molecule has 5 rings (SSSR count). The highest BCUT2D eigenvalue weighted by Crippen LogP contribution is 2.50. The molecule has 11 heteroatoms. The van der Waals surface area contributed by atoms with Gasteiger partial charge in [-0.1, -0.05) is 19.9 Å². The standard InChI is InChI=1S/C37H45N3O8/c1-20(2)34(37(43)40-14-13-22-15-30(44-4)31(45-5)17-24(22)19-40)39-28-12-10-25-26(18-29(28)42)27(38-21(3)41)11-9-23-16-32(46-6)35(47-7)36(48-8)33(23)25/h10,12,15-18,20,27,34H,9,11,13-14,19H2,1-8H3,(H,38,41)(H,39,42). The number of hydrogen-bond donors (Lipinski definition) is 2. The van der Waals surface area contributed by atoms with E-state index in [0.717, 1.165) is 22.3 Å². The monoisotopic (exact) mass is 659 g/mol. The van der Waals surface area contributed by atoms with Gasteiger partial charge in [0.25, 0.3) is 0 Å². The number of nitrogens with one attached hydrogen (secondary N) is 2. The lowest BCUT2D eigenvalue weighted by Gasteiger charge is -2.34. The quantitative estimate of drug-likeness (QED) is 0.313. The Labute approximate surface area is 281 Å². The second kappa shape index (κ2) is 14.5. The molecule has 1 aliphatic carbocycles. The Morgan fingerprint density at radius 1 is 0.812 bits per heavy atom. The topological polar surface area (TPSA) is 125 Å². The summed E-state index contributed by atoms with van der Waals surface area (Å²) >= 11 is 0. The maximum atomic E-state index is 14.1. The number of benzene rings is 2. The highest BCUT2D eigenvalue weighted by Gasteiger charge is 2.32. The van der Waals surface area contributed by atoms with Gasteiger partial charge >= 0.3 is 0 Å². The third kappa shape index (κ3) is 6.58. The van der Waals surface area contributed by atoms with Crippen molar-refractivity contribution in [3.63, 3.8) is 0 Å². The van der Waals surface area contributed by atoms with Gasteiger partial charge in [0.2, 0.25) is 23.0 Å². The van der Waals surface area contributed by atoms with Crippen molar-refractivity contribution < 1.29 is 33.3 Å². The summed E-state index contributed by atoms with van der Waals surface area (Å²) in [4.78, 5) is 42.2. The van der Waals surface area contributed by atoms with Crippen LogP contribution in [0.25, 0.3) is 11.1 Å². The molecule has 2 atom stereocenters.